The molecule has 3 heteroatoms. The van der Waals surface area contributed by atoms with Gasteiger partial charge in [-0.2, -0.15) is 0 Å². The summed E-state index contributed by atoms with van der Waals surface area (Å²) in [5.74, 6) is 0.552. The molecule has 2 aromatic rings. The first-order valence-corrected chi connectivity index (χ1v) is 8.23. The van der Waals surface area contributed by atoms with Crippen LogP contribution >= 0.6 is 11.3 Å². The van der Waals surface area contributed by atoms with Crippen LogP contribution in [0.3, 0.4) is 0 Å². The zero-order valence-electron chi connectivity index (χ0n) is 11.6. The van der Waals surface area contributed by atoms with Gasteiger partial charge in [-0.25, -0.2) is 0 Å². The fraction of sp³-hybridized carbons (Fsp3) is 0.412. The third kappa shape index (κ3) is 1.97. The molecule has 0 saturated carbocycles. The topological polar surface area (TPSA) is 21.3 Å². The predicted molar refractivity (Wildman–Crippen MR) is 83.3 cm³/mol. The van der Waals surface area contributed by atoms with E-state index < -0.39 is 0 Å². The molecule has 4 rings (SSSR count). The molecule has 1 fully saturated rings. The van der Waals surface area contributed by atoms with Crippen molar-refractivity contribution in [1.82, 2.24) is 0 Å². The highest BCUT2D eigenvalue weighted by Crippen LogP contribution is 2.49. The van der Waals surface area contributed by atoms with Crippen molar-refractivity contribution in [2.45, 2.75) is 31.9 Å². The van der Waals surface area contributed by atoms with Crippen LogP contribution in [0, 0.1) is 12.8 Å². The summed E-state index contributed by atoms with van der Waals surface area (Å²) in [4.78, 5) is 1.43. The molecular formula is C17H19NOS. The number of fused-ring (bicyclic) bond motifs is 3. The number of rotatable bonds is 1. The summed E-state index contributed by atoms with van der Waals surface area (Å²) in [5, 5.41) is 5.92. The van der Waals surface area contributed by atoms with E-state index in [1.165, 1.54) is 34.5 Å². The molecule has 20 heavy (non-hydrogen) atoms. The Morgan fingerprint density at radius 3 is 3.10 bits per heavy atom. The molecule has 0 amide bonds. The molecule has 2 aliphatic rings. The molecule has 2 aliphatic heterocycles. The Labute approximate surface area is 123 Å². The van der Waals surface area contributed by atoms with Crippen molar-refractivity contribution in [2.24, 2.45) is 5.92 Å². The smallest absolute Gasteiger partial charge is 0.0896 e. The standard InChI is InChI=1S/C17H19NOS/c1-11-6-7-14-13(10-11)17-12(4-2-8-19-17)16(18-14)15-5-3-9-20-15/h3,5-7,9-10,12,16-18H,2,4,8H2,1H3. The zero-order chi connectivity index (χ0) is 13.5. The predicted octanol–water partition coefficient (Wildman–Crippen LogP) is 4.69. The Kier molecular flexibility index (Phi) is 3.04. The van der Waals surface area contributed by atoms with Gasteiger partial charge in [0.15, 0.2) is 0 Å². The van der Waals surface area contributed by atoms with Crippen LogP contribution in [0.2, 0.25) is 0 Å². The minimum absolute atomic E-state index is 0.256. The maximum atomic E-state index is 6.16. The van der Waals surface area contributed by atoms with Gasteiger partial charge >= 0.3 is 0 Å². The maximum Gasteiger partial charge on any atom is 0.0896 e. The van der Waals surface area contributed by atoms with E-state index in [9.17, 15) is 0 Å². The molecule has 0 bridgehead atoms. The van der Waals surface area contributed by atoms with E-state index >= 15 is 0 Å². The third-order valence-electron chi connectivity index (χ3n) is 4.47. The number of anilines is 1. The summed E-state index contributed by atoms with van der Waals surface area (Å²) in [6.45, 7) is 3.05. The van der Waals surface area contributed by atoms with Crippen LogP contribution in [-0.2, 0) is 4.74 Å². The first kappa shape index (κ1) is 12.4. The van der Waals surface area contributed by atoms with Gasteiger partial charge in [-0.15, -0.1) is 11.3 Å². The van der Waals surface area contributed by atoms with Crippen molar-refractivity contribution >= 4 is 17.0 Å². The van der Waals surface area contributed by atoms with Crippen molar-refractivity contribution in [3.63, 3.8) is 0 Å². The number of hydrogen-bond donors (Lipinski definition) is 1. The minimum atomic E-state index is 0.256. The fourth-order valence-electron chi connectivity index (χ4n) is 3.54. The van der Waals surface area contributed by atoms with Gasteiger partial charge in [0, 0.05) is 28.7 Å². The van der Waals surface area contributed by atoms with E-state index in [2.05, 4.69) is 48.0 Å². The first-order chi connectivity index (χ1) is 9.83. The van der Waals surface area contributed by atoms with Gasteiger partial charge in [0.2, 0.25) is 0 Å². The number of aryl methyl sites for hydroxylation is 1. The summed E-state index contributed by atoms with van der Waals surface area (Å²) >= 11 is 1.84. The highest BCUT2D eigenvalue weighted by atomic mass is 32.1. The number of benzene rings is 1. The van der Waals surface area contributed by atoms with E-state index in [0.717, 1.165) is 6.61 Å². The summed E-state index contributed by atoms with van der Waals surface area (Å²) in [6.07, 6.45) is 2.67. The Balaban J connectivity index is 1.79. The van der Waals surface area contributed by atoms with Crippen LogP contribution < -0.4 is 5.32 Å². The number of nitrogens with one attached hydrogen (secondary N) is 1. The van der Waals surface area contributed by atoms with Crippen LogP contribution in [0.4, 0.5) is 5.69 Å². The maximum absolute atomic E-state index is 6.16. The zero-order valence-corrected chi connectivity index (χ0v) is 12.5. The highest BCUT2D eigenvalue weighted by molar-refractivity contribution is 7.10. The molecular weight excluding hydrogens is 266 g/mol. The second-order valence-corrected chi connectivity index (χ2v) is 6.80. The Hall–Kier alpha value is -1.32. The van der Waals surface area contributed by atoms with Gasteiger partial charge in [-0.1, -0.05) is 23.8 Å². The monoisotopic (exact) mass is 285 g/mol. The molecule has 1 aromatic carbocycles. The summed E-state index contributed by atoms with van der Waals surface area (Å²) < 4.78 is 6.16. The number of hydrogen-bond acceptors (Lipinski definition) is 3. The van der Waals surface area contributed by atoms with Crippen molar-refractivity contribution in [1.29, 1.82) is 0 Å². The second kappa shape index (κ2) is 4.90. The van der Waals surface area contributed by atoms with E-state index in [4.69, 9.17) is 4.74 Å². The quantitative estimate of drug-likeness (QED) is 0.820. The van der Waals surface area contributed by atoms with Crippen molar-refractivity contribution < 1.29 is 4.74 Å². The van der Waals surface area contributed by atoms with Crippen LogP contribution in [0.15, 0.2) is 35.7 Å². The van der Waals surface area contributed by atoms with Gasteiger partial charge in [-0.05, 0) is 37.3 Å². The fourth-order valence-corrected chi connectivity index (χ4v) is 4.39. The lowest BCUT2D eigenvalue weighted by atomic mass is 9.79. The molecule has 1 N–H and O–H groups in total. The van der Waals surface area contributed by atoms with E-state index in [-0.39, 0.29) is 6.10 Å². The Bertz CT molecular complexity index is 607. The average Bonchev–Trinajstić information content (AvgIpc) is 3.01. The normalized spacial score (nSPS) is 28.4. The van der Waals surface area contributed by atoms with Crippen molar-refractivity contribution in [3.8, 4) is 0 Å². The van der Waals surface area contributed by atoms with Gasteiger partial charge in [0.25, 0.3) is 0 Å². The molecule has 0 radical (unpaired) electrons. The van der Waals surface area contributed by atoms with E-state index in [1.54, 1.807) is 0 Å². The lowest BCUT2D eigenvalue weighted by Crippen LogP contribution is -2.35. The highest BCUT2D eigenvalue weighted by Gasteiger charge is 2.40. The molecule has 0 spiro atoms. The van der Waals surface area contributed by atoms with E-state index in [0.29, 0.717) is 12.0 Å². The van der Waals surface area contributed by atoms with Gasteiger partial charge in [0.05, 0.1) is 12.1 Å². The molecule has 2 nitrogen and oxygen atoms in total. The van der Waals surface area contributed by atoms with Gasteiger partial charge < -0.3 is 10.1 Å². The van der Waals surface area contributed by atoms with Crippen LogP contribution in [0.5, 0.6) is 0 Å². The van der Waals surface area contributed by atoms with Gasteiger partial charge in [0.1, 0.15) is 0 Å². The summed E-state index contributed by atoms with van der Waals surface area (Å²) in [7, 11) is 0. The molecule has 1 saturated heterocycles. The third-order valence-corrected chi connectivity index (χ3v) is 5.43. The number of thiophene rings is 1. The summed E-state index contributed by atoms with van der Waals surface area (Å²) in [5.41, 5.74) is 3.91. The molecule has 104 valence electrons. The number of ether oxygens (including phenoxy) is 1. The molecule has 3 heterocycles. The Morgan fingerprint density at radius 1 is 1.30 bits per heavy atom. The largest absolute Gasteiger partial charge is 0.377 e. The SMILES string of the molecule is Cc1ccc2c(c1)C1OCCCC1C(c1cccs1)N2. The molecule has 0 aliphatic carbocycles. The Morgan fingerprint density at radius 2 is 2.25 bits per heavy atom. The van der Waals surface area contributed by atoms with Crippen LogP contribution in [-0.4, -0.2) is 6.61 Å². The van der Waals surface area contributed by atoms with Crippen molar-refractivity contribution in [2.75, 3.05) is 11.9 Å². The van der Waals surface area contributed by atoms with E-state index in [1.807, 2.05) is 11.3 Å². The van der Waals surface area contributed by atoms with Crippen LogP contribution in [0.1, 0.15) is 41.0 Å². The van der Waals surface area contributed by atoms with Gasteiger partial charge in [-0.3, -0.25) is 0 Å². The second-order valence-electron chi connectivity index (χ2n) is 5.83. The summed E-state index contributed by atoms with van der Waals surface area (Å²) in [6, 6.07) is 11.5. The van der Waals surface area contributed by atoms with Crippen molar-refractivity contribution in [3.05, 3.63) is 51.7 Å². The molecule has 3 unspecified atom stereocenters. The lowest BCUT2D eigenvalue weighted by molar-refractivity contribution is -0.0378. The lowest BCUT2D eigenvalue weighted by Gasteiger charge is -2.43. The molecule has 1 aromatic heterocycles. The molecule has 3 atom stereocenters. The average molecular weight is 285 g/mol. The first-order valence-electron chi connectivity index (χ1n) is 7.35. The minimum Gasteiger partial charge on any atom is -0.377 e. The van der Waals surface area contributed by atoms with Crippen LogP contribution in [0.25, 0.3) is 0 Å².